The smallest absolute Gasteiger partial charge is 0.248 e. The highest BCUT2D eigenvalue weighted by molar-refractivity contribution is 7.91. The molecule has 1 amide bonds. The number of sulfone groups is 1. The summed E-state index contributed by atoms with van der Waals surface area (Å²) in [6.07, 6.45) is 0.278. The highest BCUT2D eigenvalue weighted by Gasteiger charge is 2.15. The second kappa shape index (κ2) is 10.5. The van der Waals surface area contributed by atoms with Gasteiger partial charge in [-0.2, -0.15) is 4.99 Å². The van der Waals surface area contributed by atoms with Crippen molar-refractivity contribution >= 4 is 48.9 Å². The Morgan fingerprint density at radius 3 is 2.65 bits per heavy atom. The summed E-state index contributed by atoms with van der Waals surface area (Å²) in [6.45, 7) is 5.49. The number of ether oxygens (including phenoxy) is 1. The molecule has 31 heavy (non-hydrogen) atoms. The van der Waals surface area contributed by atoms with Crippen molar-refractivity contribution in [1.29, 1.82) is 0 Å². The maximum atomic E-state index is 12.5. The van der Waals surface area contributed by atoms with Gasteiger partial charge in [-0.3, -0.25) is 4.79 Å². The number of rotatable bonds is 9. The van der Waals surface area contributed by atoms with Gasteiger partial charge in [0.05, 0.1) is 27.5 Å². The first-order valence-electron chi connectivity index (χ1n) is 10.0. The van der Waals surface area contributed by atoms with Crippen molar-refractivity contribution in [2.45, 2.75) is 38.1 Å². The molecular weight excluding hydrogens is 456 g/mol. The van der Waals surface area contributed by atoms with Crippen molar-refractivity contribution in [3.63, 3.8) is 0 Å². The maximum absolute atomic E-state index is 12.5. The fourth-order valence-corrected chi connectivity index (χ4v) is 5.75. The Morgan fingerprint density at radius 1 is 1.19 bits per heavy atom. The lowest BCUT2D eigenvalue weighted by atomic mass is 10.2. The molecule has 0 fully saturated rings. The molecule has 0 N–H and O–H groups in total. The van der Waals surface area contributed by atoms with Crippen LogP contribution in [0.15, 0.2) is 52.4 Å². The first-order chi connectivity index (χ1) is 14.8. The normalized spacial score (nSPS) is 12.5. The molecule has 0 saturated heterocycles. The molecule has 0 spiro atoms. The fraction of sp³-hybridized carbons (Fsp3) is 0.364. The van der Waals surface area contributed by atoms with E-state index in [4.69, 9.17) is 16.3 Å². The monoisotopic (exact) mass is 480 g/mol. The third-order valence-corrected chi connectivity index (χ3v) is 7.81. The predicted octanol–water partition coefficient (Wildman–Crippen LogP) is 4.38. The van der Waals surface area contributed by atoms with Crippen LogP contribution in [0.5, 0.6) is 0 Å². The van der Waals surface area contributed by atoms with E-state index in [1.54, 1.807) is 30.3 Å². The van der Waals surface area contributed by atoms with Gasteiger partial charge in [0.15, 0.2) is 14.6 Å². The molecule has 0 aliphatic rings. The van der Waals surface area contributed by atoms with Gasteiger partial charge >= 0.3 is 0 Å². The second-order valence-corrected chi connectivity index (χ2v) is 10.6. The fourth-order valence-electron chi connectivity index (χ4n) is 3.09. The van der Waals surface area contributed by atoms with Gasteiger partial charge in [-0.05, 0) is 50.6 Å². The minimum Gasteiger partial charge on any atom is -0.380 e. The third kappa shape index (κ3) is 6.26. The molecule has 0 bridgehead atoms. The van der Waals surface area contributed by atoms with E-state index in [-0.39, 0.29) is 29.4 Å². The van der Waals surface area contributed by atoms with Gasteiger partial charge in [-0.1, -0.05) is 40.6 Å². The van der Waals surface area contributed by atoms with E-state index in [1.807, 2.05) is 30.5 Å². The molecule has 0 saturated carbocycles. The van der Waals surface area contributed by atoms with E-state index in [0.717, 1.165) is 15.8 Å². The Morgan fingerprint density at radius 2 is 1.94 bits per heavy atom. The van der Waals surface area contributed by atoms with Crippen LogP contribution < -0.4 is 4.80 Å². The minimum atomic E-state index is -3.42. The lowest BCUT2D eigenvalue weighted by molar-refractivity contribution is -0.118. The number of carbonyl (C=O) groups is 1. The van der Waals surface area contributed by atoms with Crippen molar-refractivity contribution in [1.82, 2.24) is 4.57 Å². The van der Waals surface area contributed by atoms with Crippen LogP contribution in [0, 0.1) is 6.92 Å². The average molecular weight is 481 g/mol. The number of aryl methyl sites for hydroxylation is 1. The third-order valence-electron chi connectivity index (χ3n) is 4.71. The first kappa shape index (κ1) is 23.7. The summed E-state index contributed by atoms with van der Waals surface area (Å²) in [5.41, 5.74) is 1.93. The molecule has 0 aliphatic heterocycles. The zero-order chi connectivity index (χ0) is 22.4. The minimum absolute atomic E-state index is 0.0611. The van der Waals surface area contributed by atoms with E-state index >= 15 is 0 Å². The standard InChI is InChI=1S/C22H25ClN2O4S2/c1-3-29-13-12-25-19-11-8-17(23)15-20(19)30-22(25)24-21(26)5-4-14-31(27,28)18-9-6-16(2)7-10-18/h6-11,15H,3-5,12-14H2,1-2H3. The Bertz CT molecular complexity index is 1230. The molecule has 3 rings (SSSR count). The molecule has 2 aromatic carbocycles. The van der Waals surface area contributed by atoms with Crippen LogP contribution >= 0.6 is 22.9 Å². The number of hydrogen-bond acceptors (Lipinski definition) is 5. The Kier molecular flexibility index (Phi) is 8.05. The number of halogens is 1. The molecule has 6 nitrogen and oxygen atoms in total. The summed E-state index contributed by atoms with van der Waals surface area (Å²) in [5, 5.41) is 0.616. The number of aromatic nitrogens is 1. The molecule has 0 unspecified atom stereocenters. The van der Waals surface area contributed by atoms with E-state index < -0.39 is 9.84 Å². The van der Waals surface area contributed by atoms with Crippen molar-refractivity contribution in [2.75, 3.05) is 19.0 Å². The van der Waals surface area contributed by atoms with Crippen LogP contribution in [0.1, 0.15) is 25.3 Å². The number of benzene rings is 2. The summed E-state index contributed by atoms with van der Waals surface area (Å²) in [7, 11) is -3.42. The first-order valence-corrected chi connectivity index (χ1v) is 12.9. The molecule has 0 aliphatic carbocycles. The quantitative estimate of drug-likeness (QED) is 0.426. The van der Waals surface area contributed by atoms with E-state index in [1.165, 1.54) is 11.3 Å². The van der Waals surface area contributed by atoms with Gasteiger partial charge in [0.1, 0.15) is 0 Å². The van der Waals surface area contributed by atoms with Crippen molar-refractivity contribution in [2.24, 2.45) is 4.99 Å². The van der Waals surface area contributed by atoms with E-state index in [0.29, 0.717) is 29.6 Å². The van der Waals surface area contributed by atoms with Crippen LogP contribution in [0.3, 0.4) is 0 Å². The largest absolute Gasteiger partial charge is 0.380 e. The molecular formula is C22H25ClN2O4S2. The van der Waals surface area contributed by atoms with Gasteiger partial charge in [-0.15, -0.1) is 0 Å². The molecule has 0 atom stereocenters. The average Bonchev–Trinajstić information content (AvgIpc) is 3.04. The van der Waals surface area contributed by atoms with Crippen LogP contribution in [0.25, 0.3) is 10.2 Å². The Hall–Kier alpha value is -2.00. The van der Waals surface area contributed by atoms with Gasteiger partial charge in [0, 0.05) is 24.6 Å². The zero-order valence-electron chi connectivity index (χ0n) is 17.5. The summed E-state index contributed by atoms with van der Waals surface area (Å²) in [5.74, 6) is -0.439. The Labute approximate surface area is 191 Å². The van der Waals surface area contributed by atoms with Gasteiger partial charge in [0.2, 0.25) is 5.91 Å². The highest BCUT2D eigenvalue weighted by atomic mass is 35.5. The summed E-state index contributed by atoms with van der Waals surface area (Å²) in [4.78, 5) is 17.6. The number of thiazole rings is 1. The number of amides is 1. The van der Waals surface area contributed by atoms with Crippen LogP contribution in [0.2, 0.25) is 5.02 Å². The van der Waals surface area contributed by atoms with Crippen molar-refractivity contribution in [3.8, 4) is 0 Å². The summed E-state index contributed by atoms with van der Waals surface area (Å²) >= 11 is 7.48. The summed E-state index contributed by atoms with van der Waals surface area (Å²) < 4.78 is 33.2. The second-order valence-electron chi connectivity index (χ2n) is 7.09. The van der Waals surface area contributed by atoms with E-state index in [2.05, 4.69) is 4.99 Å². The molecule has 0 radical (unpaired) electrons. The van der Waals surface area contributed by atoms with Crippen LogP contribution in [0.4, 0.5) is 0 Å². The van der Waals surface area contributed by atoms with Crippen molar-refractivity contribution < 1.29 is 17.9 Å². The zero-order valence-corrected chi connectivity index (χ0v) is 19.9. The molecule has 9 heteroatoms. The molecule has 166 valence electrons. The molecule has 1 heterocycles. The summed E-state index contributed by atoms with van der Waals surface area (Å²) in [6, 6.07) is 12.3. The topological polar surface area (TPSA) is 77.7 Å². The predicted molar refractivity (Wildman–Crippen MR) is 124 cm³/mol. The maximum Gasteiger partial charge on any atom is 0.248 e. The van der Waals surface area contributed by atoms with E-state index in [9.17, 15) is 13.2 Å². The van der Waals surface area contributed by atoms with Crippen LogP contribution in [-0.4, -0.2) is 37.9 Å². The molecule has 1 aromatic heterocycles. The van der Waals surface area contributed by atoms with Gasteiger partial charge in [0.25, 0.3) is 0 Å². The van der Waals surface area contributed by atoms with Crippen molar-refractivity contribution in [3.05, 3.63) is 57.9 Å². The number of fused-ring (bicyclic) bond motifs is 1. The molecule has 3 aromatic rings. The van der Waals surface area contributed by atoms with Gasteiger partial charge < -0.3 is 9.30 Å². The number of hydrogen-bond donors (Lipinski definition) is 0. The Balaban J connectivity index is 1.74. The lowest BCUT2D eigenvalue weighted by Gasteiger charge is -2.06. The van der Waals surface area contributed by atoms with Crippen LogP contribution in [-0.2, 0) is 25.9 Å². The highest BCUT2D eigenvalue weighted by Crippen LogP contribution is 2.22. The van der Waals surface area contributed by atoms with Gasteiger partial charge in [-0.25, -0.2) is 8.42 Å². The number of nitrogens with zero attached hydrogens (tertiary/aromatic N) is 2. The SMILES string of the molecule is CCOCCn1c(=NC(=O)CCCS(=O)(=O)c2ccc(C)cc2)sc2cc(Cl)ccc21. The number of carbonyl (C=O) groups excluding carboxylic acids is 1. The lowest BCUT2D eigenvalue weighted by Crippen LogP contribution is -2.20.